The highest BCUT2D eigenvalue weighted by Crippen LogP contribution is 2.29. The van der Waals surface area contributed by atoms with Crippen molar-refractivity contribution in [2.75, 3.05) is 18.0 Å². The fourth-order valence-electron chi connectivity index (χ4n) is 3.00. The zero-order valence-electron chi connectivity index (χ0n) is 17.8. The minimum Gasteiger partial charge on any atom is -0.496 e. The Kier molecular flexibility index (Phi) is 7.97. The normalized spacial score (nSPS) is 11.2. The van der Waals surface area contributed by atoms with Crippen LogP contribution in [0.25, 0.3) is 0 Å². The average molecular weight is 547 g/mol. The summed E-state index contributed by atoms with van der Waals surface area (Å²) in [5, 5.41) is 15.3. The first-order valence-electron chi connectivity index (χ1n) is 9.70. The Bertz CT molecular complexity index is 1330. The van der Waals surface area contributed by atoms with E-state index in [1.165, 1.54) is 37.6 Å². The summed E-state index contributed by atoms with van der Waals surface area (Å²) in [6, 6.07) is 18.0. The molecule has 0 aromatic heterocycles. The van der Waals surface area contributed by atoms with E-state index in [1.54, 1.807) is 36.4 Å². The molecular weight excluding hydrogens is 528 g/mol. The number of ether oxygens (including phenoxy) is 1. The number of anilines is 1. The number of rotatable bonds is 9. The predicted molar refractivity (Wildman–Crippen MR) is 131 cm³/mol. The van der Waals surface area contributed by atoms with E-state index in [-0.39, 0.29) is 5.69 Å². The molecule has 10 nitrogen and oxygen atoms in total. The lowest BCUT2D eigenvalue weighted by molar-refractivity contribution is -0.387. The van der Waals surface area contributed by atoms with E-state index in [9.17, 15) is 23.3 Å². The smallest absolute Gasteiger partial charge is 0.289 e. The summed E-state index contributed by atoms with van der Waals surface area (Å²) in [4.78, 5) is 22.7. The van der Waals surface area contributed by atoms with Gasteiger partial charge in [-0.25, -0.2) is 13.8 Å². The third-order valence-electron chi connectivity index (χ3n) is 4.55. The number of sulfonamides is 1. The summed E-state index contributed by atoms with van der Waals surface area (Å²) in [5.41, 5.74) is 2.42. The Balaban J connectivity index is 1.89. The molecule has 0 spiro atoms. The summed E-state index contributed by atoms with van der Waals surface area (Å²) >= 11 is 3.34. The van der Waals surface area contributed by atoms with Crippen molar-refractivity contribution in [3.05, 3.63) is 92.9 Å². The molecule has 0 heterocycles. The number of nitro groups is 1. The SMILES string of the molecule is COc1ccc(Br)cc1/C=N\NC(=O)CN(c1ccccc1)S(=O)(=O)c1ccccc1[N+](=O)[O-]. The van der Waals surface area contributed by atoms with Crippen LogP contribution in [0.5, 0.6) is 5.75 Å². The number of amides is 1. The van der Waals surface area contributed by atoms with Crippen LogP contribution in [-0.2, 0) is 14.8 Å². The maximum atomic E-state index is 13.4. The highest BCUT2D eigenvalue weighted by atomic mass is 79.9. The first-order chi connectivity index (χ1) is 16.2. The first-order valence-corrected chi connectivity index (χ1v) is 11.9. The van der Waals surface area contributed by atoms with Crippen molar-refractivity contribution < 1.29 is 22.9 Å². The van der Waals surface area contributed by atoms with Gasteiger partial charge in [-0.1, -0.05) is 46.3 Å². The molecule has 3 aromatic rings. The highest BCUT2D eigenvalue weighted by Gasteiger charge is 2.33. The van der Waals surface area contributed by atoms with Gasteiger partial charge in [-0.2, -0.15) is 5.10 Å². The summed E-state index contributed by atoms with van der Waals surface area (Å²) in [6.45, 7) is -0.661. The second-order valence-electron chi connectivity index (χ2n) is 6.75. The maximum absolute atomic E-state index is 13.4. The maximum Gasteiger partial charge on any atom is 0.289 e. The van der Waals surface area contributed by atoms with Crippen LogP contribution in [0.3, 0.4) is 0 Å². The van der Waals surface area contributed by atoms with Gasteiger partial charge in [0.2, 0.25) is 0 Å². The van der Waals surface area contributed by atoms with Crippen LogP contribution in [0, 0.1) is 10.1 Å². The number of nitrogens with one attached hydrogen (secondary N) is 1. The van der Waals surface area contributed by atoms with Crippen LogP contribution >= 0.6 is 15.9 Å². The van der Waals surface area contributed by atoms with Gasteiger partial charge in [0.25, 0.3) is 21.6 Å². The summed E-state index contributed by atoms with van der Waals surface area (Å²) in [5.74, 6) is -0.234. The number of carbonyl (C=O) groups is 1. The molecule has 0 atom stereocenters. The molecule has 3 aromatic carbocycles. The summed E-state index contributed by atoms with van der Waals surface area (Å²) in [7, 11) is -2.97. The largest absolute Gasteiger partial charge is 0.496 e. The number of nitro benzene ring substituents is 1. The van der Waals surface area contributed by atoms with E-state index >= 15 is 0 Å². The van der Waals surface area contributed by atoms with Gasteiger partial charge >= 0.3 is 0 Å². The Morgan fingerprint density at radius 1 is 1.15 bits per heavy atom. The highest BCUT2D eigenvalue weighted by molar-refractivity contribution is 9.10. The molecule has 0 saturated carbocycles. The van der Waals surface area contributed by atoms with Crippen molar-refractivity contribution in [3.8, 4) is 5.75 Å². The van der Waals surface area contributed by atoms with E-state index in [4.69, 9.17) is 4.74 Å². The van der Waals surface area contributed by atoms with Crippen molar-refractivity contribution in [2.45, 2.75) is 4.90 Å². The predicted octanol–water partition coefficient (Wildman–Crippen LogP) is 3.71. The van der Waals surface area contributed by atoms with E-state index in [0.29, 0.717) is 11.3 Å². The van der Waals surface area contributed by atoms with Crippen molar-refractivity contribution in [3.63, 3.8) is 0 Å². The molecule has 0 radical (unpaired) electrons. The van der Waals surface area contributed by atoms with Crippen LogP contribution in [0.4, 0.5) is 11.4 Å². The van der Waals surface area contributed by atoms with Gasteiger partial charge in [0, 0.05) is 16.1 Å². The molecule has 1 N–H and O–H groups in total. The van der Waals surface area contributed by atoms with Crippen molar-refractivity contribution in [1.82, 2.24) is 5.43 Å². The minimum absolute atomic E-state index is 0.161. The standard InChI is InChI=1S/C22H19BrN4O6S/c1-33-20-12-11-17(23)13-16(20)14-24-25-22(28)15-26(18-7-3-2-4-8-18)34(31,32)21-10-6-5-9-19(21)27(29)30/h2-14H,15H2,1H3,(H,25,28)/b24-14-. The molecule has 0 fully saturated rings. The number of hydrogen-bond acceptors (Lipinski definition) is 7. The lowest BCUT2D eigenvalue weighted by Crippen LogP contribution is -2.39. The third-order valence-corrected chi connectivity index (χ3v) is 6.86. The summed E-state index contributed by atoms with van der Waals surface area (Å²) in [6.07, 6.45) is 1.35. The van der Waals surface area contributed by atoms with Gasteiger partial charge in [0.1, 0.15) is 12.3 Å². The quantitative estimate of drug-likeness (QED) is 0.247. The number of hydrogen-bond donors (Lipinski definition) is 1. The number of methoxy groups -OCH3 is 1. The molecule has 12 heteroatoms. The number of nitrogens with zero attached hydrogens (tertiary/aromatic N) is 3. The van der Waals surface area contributed by atoms with Crippen molar-refractivity contribution in [2.24, 2.45) is 5.10 Å². The van der Waals surface area contributed by atoms with E-state index in [1.807, 2.05) is 0 Å². The Morgan fingerprint density at radius 3 is 2.50 bits per heavy atom. The van der Waals surface area contributed by atoms with Crippen LogP contribution in [-0.4, -0.2) is 39.1 Å². The van der Waals surface area contributed by atoms with Crippen LogP contribution in [0.15, 0.2) is 87.3 Å². The number of hydrazone groups is 1. The molecule has 0 unspecified atom stereocenters. The lowest BCUT2D eigenvalue weighted by Gasteiger charge is -2.23. The molecule has 176 valence electrons. The van der Waals surface area contributed by atoms with E-state index < -0.39 is 38.0 Å². The molecule has 1 amide bonds. The Hall–Kier alpha value is -3.77. The zero-order chi connectivity index (χ0) is 24.7. The van der Waals surface area contributed by atoms with Gasteiger partial charge in [0.15, 0.2) is 4.90 Å². The summed E-state index contributed by atoms with van der Waals surface area (Å²) < 4.78 is 33.6. The van der Waals surface area contributed by atoms with Crippen molar-refractivity contribution in [1.29, 1.82) is 0 Å². The average Bonchev–Trinajstić information content (AvgIpc) is 2.83. The molecular formula is C22H19BrN4O6S. The lowest BCUT2D eigenvalue weighted by atomic mass is 10.2. The minimum atomic E-state index is -4.47. The first kappa shape index (κ1) is 24.9. The Labute approximate surface area is 204 Å². The fourth-order valence-corrected chi connectivity index (χ4v) is 4.96. The van der Waals surface area contributed by atoms with Crippen LogP contribution < -0.4 is 14.5 Å². The van der Waals surface area contributed by atoms with Crippen LogP contribution in [0.2, 0.25) is 0 Å². The number of carbonyl (C=O) groups excluding carboxylic acids is 1. The molecule has 0 aliphatic rings. The molecule has 3 rings (SSSR count). The van der Waals surface area contributed by atoms with Gasteiger partial charge < -0.3 is 4.74 Å². The third kappa shape index (κ3) is 5.77. The number of para-hydroxylation sites is 2. The molecule has 0 aliphatic carbocycles. The van der Waals surface area contributed by atoms with Crippen LogP contribution in [0.1, 0.15) is 5.56 Å². The van der Waals surface area contributed by atoms with Gasteiger partial charge in [-0.15, -0.1) is 0 Å². The second-order valence-corrected chi connectivity index (χ2v) is 9.50. The molecule has 34 heavy (non-hydrogen) atoms. The van der Waals surface area contributed by atoms with Gasteiger partial charge in [-0.05, 0) is 36.4 Å². The van der Waals surface area contributed by atoms with Crippen molar-refractivity contribution >= 4 is 49.4 Å². The van der Waals surface area contributed by atoms with Gasteiger partial charge in [0.05, 0.1) is 23.9 Å². The fraction of sp³-hybridized carbons (Fsp3) is 0.0909. The topological polar surface area (TPSA) is 131 Å². The molecule has 0 saturated heterocycles. The van der Waals surface area contributed by atoms with Gasteiger partial charge in [-0.3, -0.25) is 19.2 Å². The zero-order valence-corrected chi connectivity index (χ0v) is 20.2. The number of halogens is 1. The van der Waals surface area contributed by atoms with E-state index in [0.717, 1.165) is 20.9 Å². The monoisotopic (exact) mass is 546 g/mol. The number of benzene rings is 3. The second kappa shape index (κ2) is 10.9. The molecule has 0 aliphatic heterocycles. The van der Waals surface area contributed by atoms with E-state index in [2.05, 4.69) is 26.5 Å². The Morgan fingerprint density at radius 2 is 1.82 bits per heavy atom. The molecule has 0 bridgehead atoms.